The maximum atomic E-state index is 13.6. The number of furan rings is 1. The van der Waals surface area contributed by atoms with Gasteiger partial charge in [-0.2, -0.15) is 0 Å². The normalized spacial score (nSPS) is 17.1. The Morgan fingerprint density at radius 1 is 1.15 bits per heavy atom. The number of nitrogens with zero attached hydrogens (tertiary/aromatic N) is 1. The molecular formula is C29H30FN3O5S2. The van der Waals surface area contributed by atoms with Gasteiger partial charge in [-0.3, -0.25) is 4.79 Å². The molecule has 0 aliphatic carbocycles. The van der Waals surface area contributed by atoms with Crippen LogP contribution >= 0.6 is 0 Å². The molecule has 2 N–H and O–H groups in total. The van der Waals surface area contributed by atoms with E-state index in [9.17, 15) is 22.2 Å². The zero-order valence-electron chi connectivity index (χ0n) is 22.1. The first-order valence-corrected chi connectivity index (χ1v) is 16.0. The number of nitrogens with one attached hydrogen (secondary N) is 2. The molecule has 0 radical (unpaired) electrons. The molecule has 1 aromatic heterocycles. The molecule has 2 heterocycles. The molecule has 0 unspecified atom stereocenters. The molecule has 1 fully saturated rings. The summed E-state index contributed by atoms with van der Waals surface area (Å²) in [6, 6.07) is 18.3. The predicted molar refractivity (Wildman–Crippen MR) is 155 cm³/mol. The van der Waals surface area contributed by atoms with Crippen molar-refractivity contribution in [3.8, 4) is 11.3 Å². The minimum absolute atomic E-state index is 0.0900. The third kappa shape index (κ3) is 5.87. The molecular weight excluding hydrogens is 553 g/mol. The number of carbonyl (C=O) groups excluding carboxylic acids is 1. The average molecular weight is 584 g/mol. The Morgan fingerprint density at radius 3 is 2.55 bits per heavy atom. The first-order valence-electron chi connectivity index (χ1n) is 12.9. The standard InChI is InChI=1S/C29H30FN3O5S2/c1-31-29(34)27-24-15-23(21-9-6-14-33(17-21)40(36,37)18-19-7-4-3-5-8-19)25(32-39(2)35)16-26(24)38-28(27)20-10-12-22(30)13-11-20/h3-5,7-8,10-13,15-16,21,32H,6,9,14,17-18H2,1-2H3,(H,31,34)/t21-,39-/m0/s1. The van der Waals surface area contributed by atoms with Crippen molar-refractivity contribution >= 4 is 43.9 Å². The van der Waals surface area contributed by atoms with Gasteiger partial charge >= 0.3 is 0 Å². The molecule has 3 aromatic carbocycles. The van der Waals surface area contributed by atoms with Gasteiger partial charge in [0.1, 0.15) is 23.4 Å². The monoisotopic (exact) mass is 583 g/mol. The Morgan fingerprint density at radius 2 is 1.88 bits per heavy atom. The number of sulfonamides is 1. The molecule has 2 atom stereocenters. The van der Waals surface area contributed by atoms with Crippen LogP contribution in [0.4, 0.5) is 10.1 Å². The maximum Gasteiger partial charge on any atom is 0.255 e. The van der Waals surface area contributed by atoms with E-state index in [4.69, 9.17) is 4.42 Å². The van der Waals surface area contributed by atoms with E-state index in [1.54, 1.807) is 18.2 Å². The Labute approximate surface area is 235 Å². The van der Waals surface area contributed by atoms with Crippen LogP contribution in [0.2, 0.25) is 0 Å². The number of carbonyl (C=O) groups is 1. The number of rotatable bonds is 8. The van der Waals surface area contributed by atoms with E-state index in [1.807, 2.05) is 24.3 Å². The number of amides is 1. The van der Waals surface area contributed by atoms with Crippen molar-refractivity contribution in [1.29, 1.82) is 0 Å². The van der Waals surface area contributed by atoms with Gasteiger partial charge in [-0.15, -0.1) is 0 Å². The van der Waals surface area contributed by atoms with Crippen LogP contribution in [0.25, 0.3) is 22.3 Å². The molecule has 0 bridgehead atoms. The summed E-state index contributed by atoms with van der Waals surface area (Å²) in [4.78, 5) is 13.1. The fraction of sp³-hybridized carbons (Fsp3) is 0.276. The van der Waals surface area contributed by atoms with E-state index in [2.05, 4.69) is 10.0 Å². The van der Waals surface area contributed by atoms with E-state index < -0.39 is 27.2 Å². The van der Waals surface area contributed by atoms with Crippen LogP contribution in [0.15, 0.2) is 71.1 Å². The summed E-state index contributed by atoms with van der Waals surface area (Å²) in [5.74, 6) is -0.806. The first kappa shape index (κ1) is 28.2. The van der Waals surface area contributed by atoms with Crippen LogP contribution in [0.3, 0.4) is 0 Å². The van der Waals surface area contributed by atoms with Crippen LogP contribution < -0.4 is 10.0 Å². The van der Waals surface area contributed by atoms with E-state index in [-0.39, 0.29) is 29.9 Å². The molecule has 0 saturated carbocycles. The van der Waals surface area contributed by atoms with Crippen molar-refractivity contribution in [2.75, 3.05) is 31.1 Å². The Balaban J connectivity index is 1.58. The van der Waals surface area contributed by atoms with Gasteiger partial charge in [-0.1, -0.05) is 30.3 Å². The van der Waals surface area contributed by atoms with Crippen LogP contribution in [-0.4, -0.2) is 49.6 Å². The molecule has 5 rings (SSSR count). The first-order chi connectivity index (χ1) is 19.2. The number of anilines is 1. The molecule has 8 nitrogen and oxygen atoms in total. The van der Waals surface area contributed by atoms with Gasteiger partial charge in [0.2, 0.25) is 10.0 Å². The SMILES string of the molecule is CNC(=O)c1c(-c2ccc(F)cc2)oc2cc(N[S@+](C)[O-])c([C@H]3CCCN(S(=O)(=O)Cc4ccccc4)C3)cc12. The highest BCUT2D eigenvalue weighted by Crippen LogP contribution is 2.41. The quantitative estimate of drug-likeness (QED) is 0.282. The third-order valence-electron chi connectivity index (χ3n) is 7.08. The van der Waals surface area contributed by atoms with Gasteiger partial charge in [-0.25, -0.2) is 21.8 Å². The Kier molecular flexibility index (Phi) is 8.18. The summed E-state index contributed by atoms with van der Waals surface area (Å²) in [5.41, 5.74) is 3.22. The topological polar surface area (TPSA) is 115 Å². The average Bonchev–Trinajstić information content (AvgIpc) is 3.31. The number of benzene rings is 3. The minimum Gasteiger partial charge on any atom is -0.593 e. The Hall–Kier alpha value is -3.38. The van der Waals surface area contributed by atoms with Crippen LogP contribution in [0.1, 0.15) is 40.2 Å². The van der Waals surface area contributed by atoms with Gasteiger partial charge in [0, 0.05) is 37.2 Å². The van der Waals surface area contributed by atoms with Gasteiger partial charge < -0.3 is 14.3 Å². The molecule has 0 spiro atoms. The molecule has 1 aliphatic heterocycles. The lowest BCUT2D eigenvalue weighted by Gasteiger charge is -2.33. The summed E-state index contributed by atoms with van der Waals surface area (Å²) < 4.78 is 63.2. The van der Waals surface area contributed by atoms with Crippen molar-refractivity contribution in [3.63, 3.8) is 0 Å². The lowest BCUT2D eigenvalue weighted by Crippen LogP contribution is -2.39. The van der Waals surface area contributed by atoms with Gasteiger partial charge in [0.05, 0.1) is 28.4 Å². The fourth-order valence-electron chi connectivity index (χ4n) is 5.22. The van der Waals surface area contributed by atoms with Crippen molar-refractivity contribution in [1.82, 2.24) is 9.62 Å². The fourth-order valence-corrected chi connectivity index (χ4v) is 7.32. The van der Waals surface area contributed by atoms with E-state index >= 15 is 0 Å². The second-order valence-corrected chi connectivity index (χ2v) is 12.9. The molecule has 1 saturated heterocycles. The summed E-state index contributed by atoms with van der Waals surface area (Å²) in [7, 11) is -2.06. The van der Waals surface area contributed by atoms with Crippen molar-refractivity contribution in [2.24, 2.45) is 0 Å². The van der Waals surface area contributed by atoms with Crippen LogP contribution in [-0.2, 0) is 27.1 Å². The van der Waals surface area contributed by atoms with E-state index in [0.29, 0.717) is 47.2 Å². The van der Waals surface area contributed by atoms with Gasteiger partial charge in [0.15, 0.2) is 0 Å². The third-order valence-corrected chi connectivity index (χ3v) is 9.41. The molecule has 40 heavy (non-hydrogen) atoms. The summed E-state index contributed by atoms with van der Waals surface area (Å²) in [6.07, 6.45) is 2.87. The van der Waals surface area contributed by atoms with E-state index in [1.165, 1.54) is 41.9 Å². The Bertz CT molecular complexity index is 1620. The molecule has 11 heteroatoms. The number of piperidine rings is 1. The molecule has 1 aliphatic rings. The number of hydrogen-bond acceptors (Lipinski definition) is 6. The van der Waals surface area contributed by atoms with Crippen molar-refractivity contribution in [2.45, 2.75) is 24.5 Å². The minimum atomic E-state index is -3.58. The molecule has 1 amide bonds. The highest BCUT2D eigenvalue weighted by atomic mass is 32.2. The zero-order valence-corrected chi connectivity index (χ0v) is 23.8. The summed E-state index contributed by atoms with van der Waals surface area (Å²) in [5, 5.41) is 3.18. The van der Waals surface area contributed by atoms with Crippen LogP contribution in [0, 0.1) is 5.82 Å². The number of halogens is 1. The second kappa shape index (κ2) is 11.6. The molecule has 210 valence electrons. The lowest BCUT2D eigenvalue weighted by molar-refractivity contribution is 0.0964. The highest BCUT2D eigenvalue weighted by Gasteiger charge is 2.32. The number of fused-ring (bicyclic) bond motifs is 1. The summed E-state index contributed by atoms with van der Waals surface area (Å²) in [6.45, 7) is 0.671. The van der Waals surface area contributed by atoms with Crippen LogP contribution in [0.5, 0.6) is 0 Å². The van der Waals surface area contributed by atoms with Gasteiger partial charge in [0.25, 0.3) is 5.91 Å². The highest BCUT2D eigenvalue weighted by molar-refractivity contribution is 7.92. The van der Waals surface area contributed by atoms with Gasteiger partial charge in [-0.05, 0) is 60.2 Å². The number of hydrogen-bond donors (Lipinski definition) is 2. The summed E-state index contributed by atoms with van der Waals surface area (Å²) >= 11 is -1.42. The predicted octanol–water partition coefficient (Wildman–Crippen LogP) is 5.01. The lowest BCUT2D eigenvalue weighted by atomic mass is 9.89. The van der Waals surface area contributed by atoms with E-state index in [0.717, 1.165) is 11.1 Å². The van der Waals surface area contributed by atoms with Crippen molar-refractivity contribution in [3.05, 3.63) is 89.2 Å². The van der Waals surface area contributed by atoms with Crippen molar-refractivity contribution < 1.29 is 26.6 Å². The maximum absolute atomic E-state index is 13.6. The smallest absolute Gasteiger partial charge is 0.255 e. The molecule has 4 aromatic rings. The largest absolute Gasteiger partial charge is 0.593 e. The second-order valence-electron chi connectivity index (χ2n) is 9.82. The zero-order chi connectivity index (χ0) is 28.4.